The van der Waals surface area contributed by atoms with Crippen molar-refractivity contribution in [2.75, 3.05) is 26.5 Å². The fourth-order valence-electron chi connectivity index (χ4n) is 2.58. The van der Waals surface area contributed by atoms with E-state index in [0.29, 0.717) is 23.0 Å². The minimum atomic E-state index is -3.20. The number of sulfone groups is 1. The normalized spacial score (nSPS) is 13.9. The number of nitrogens with one attached hydrogen (secondary N) is 1. The highest BCUT2D eigenvalue weighted by Crippen LogP contribution is 2.32. The van der Waals surface area contributed by atoms with E-state index >= 15 is 0 Å². The van der Waals surface area contributed by atoms with Crippen LogP contribution in [0.4, 0.5) is 0 Å². The van der Waals surface area contributed by atoms with Crippen LogP contribution in [0.3, 0.4) is 0 Å². The second-order valence-electron chi connectivity index (χ2n) is 5.70. The molecule has 0 fully saturated rings. The first-order chi connectivity index (χ1) is 12.0. The molecule has 6 nitrogen and oxygen atoms in total. The number of hydrogen-bond donors (Lipinski definition) is 1. The lowest BCUT2D eigenvalue weighted by Crippen LogP contribution is -2.20. The molecule has 1 aliphatic rings. The Labute approximate surface area is 147 Å². The number of nitrogens with zero attached hydrogens (tertiary/aromatic N) is 1. The molecule has 1 heterocycles. The molecule has 3 rings (SSSR count). The molecule has 1 aliphatic heterocycles. The topological polar surface area (TPSA) is 77.0 Å². The van der Waals surface area contributed by atoms with Gasteiger partial charge in [0.05, 0.1) is 24.1 Å². The van der Waals surface area contributed by atoms with Crippen molar-refractivity contribution in [3.8, 4) is 11.5 Å². The van der Waals surface area contributed by atoms with Gasteiger partial charge < -0.3 is 14.8 Å². The van der Waals surface area contributed by atoms with Crippen LogP contribution >= 0.6 is 0 Å². The molecule has 7 heteroatoms. The van der Waals surface area contributed by atoms with E-state index in [-0.39, 0.29) is 0 Å². The molecule has 0 radical (unpaired) electrons. The second-order valence-corrected chi connectivity index (χ2v) is 7.71. The van der Waals surface area contributed by atoms with Crippen molar-refractivity contribution in [2.45, 2.75) is 11.5 Å². The third kappa shape index (κ3) is 3.93. The van der Waals surface area contributed by atoms with Crippen molar-refractivity contribution in [1.29, 1.82) is 0 Å². The first-order valence-corrected chi connectivity index (χ1v) is 9.75. The summed E-state index contributed by atoms with van der Waals surface area (Å²) in [6.45, 7) is 1.84. The van der Waals surface area contributed by atoms with Gasteiger partial charge in [0.2, 0.25) is 0 Å². The molecule has 132 valence electrons. The van der Waals surface area contributed by atoms with Crippen molar-refractivity contribution in [3.05, 3.63) is 53.6 Å². The van der Waals surface area contributed by atoms with Gasteiger partial charge in [-0.25, -0.2) is 8.42 Å². The number of rotatable bonds is 6. The Balaban J connectivity index is 1.83. The average Bonchev–Trinajstić information content (AvgIpc) is 3.13. The van der Waals surface area contributed by atoms with E-state index in [1.165, 1.54) is 6.26 Å². The highest BCUT2D eigenvalue weighted by molar-refractivity contribution is 7.90. The molecule has 2 aromatic carbocycles. The molecule has 0 aliphatic carbocycles. The molecular formula is C18H20N2O4S. The first kappa shape index (κ1) is 17.3. The summed E-state index contributed by atoms with van der Waals surface area (Å²) in [6.07, 6.45) is 1.19. The van der Waals surface area contributed by atoms with Gasteiger partial charge in [-0.15, -0.1) is 0 Å². The maximum atomic E-state index is 11.5. The molecule has 0 aromatic heterocycles. The summed E-state index contributed by atoms with van der Waals surface area (Å²) < 4.78 is 34.5. The quantitative estimate of drug-likeness (QED) is 0.853. The standard InChI is InChI=1S/C18H20N2O4S/c1-23-16-5-3-4-15(18-19-10-11-20-18)17(16)24-12-13-6-8-14(9-7-13)25(2,21)22/h3-9H,10-12H2,1-2H3,(H,19,20). The minimum Gasteiger partial charge on any atom is -0.493 e. The summed E-state index contributed by atoms with van der Waals surface area (Å²) in [6, 6.07) is 12.3. The minimum absolute atomic E-state index is 0.291. The Hall–Kier alpha value is -2.54. The Bertz CT molecular complexity index is 890. The van der Waals surface area contributed by atoms with Gasteiger partial charge in [0.15, 0.2) is 21.3 Å². The summed E-state index contributed by atoms with van der Waals surface area (Å²) in [4.78, 5) is 4.73. The third-order valence-corrected chi connectivity index (χ3v) is 4.99. The van der Waals surface area contributed by atoms with E-state index in [1.807, 2.05) is 18.2 Å². The van der Waals surface area contributed by atoms with E-state index < -0.39 is 9.84 Å². The van der Waals surface area contributed by atoms with Crippen molar-refractivity contribution in [1.82, 2.24) is 5.32 Å². The summed E-state index contributed by atoms with van der Waals surface area (Å²) in [5, 5.41) is 3.23. The van der Waals surface area contributed by atoms with Crippen LogP contribution in [-0.4, -0.2) is 40.7 Å². The summed E-state index contributed by atoms with van der Waals surface area (Å²) >= 11 is 0. The predicted octanol–water partition coefficient (Wildman–Crippen LogP) is 2.03. The van der Waals surface area contributed by atoms with Crippen LogP contribution in [0.25, 0.3) is 0 Å². The first-order valence-electron chi connectivity index (χ1n) is 7.86. The lowest BCUT2D eigenvalue weighted by molar-refractivity contribution is 0.284. The van der Waals surface area contributed by atoms with Crippen molar-refractivity contribution < 1.29 is 17.9 Å². The number of methoxy groups -OCH3 is 1. The smallest absolute Gasteiger partial charge is 0.175 e. The Morgan fingerprint density at radius 2 is 1.92 bits per heavy atom. The molecule has 0 saturated heterocycles. The van der Waals surface area contributed by atoms with Gasteiger partial charge in [-0.2, -0.15) is 0 Å². The van der Waals surface area contributed by atoms with Crippen molar-refractivity contribution in [2.24, 2.45) is 4.99 Å². The zero-order valence-electron chi connectivity index (χ0n) is 14.2. The Morgan fingerprint density at radius 3 is 2.52 bits per heavy atom. The Kier molecular flexibility index (Phi) is 4.94. The van der Waals surface area contributed by atoms with Crippen LogP contribution in [0.1, 0.15) is 11.1 Å². The van der Waals surface area contributed by atoms with Gasteiger partial charge in [-0.3, -0.25) is 4.99 Å². The lowest BCUT2D eigenvalue weighted by Gasteiger charge is -2.15. The average molecular weight is 360 g/mol. The van der Waals surface area contributed by atoms with Crippen LogP contribution in [0.15, 0.2) is 52.4 Å². The predicted molar refractivity (Wildman–Crippen MR) is 96.3 cm³/mol. The molecule has 0 spiro atoms. The van der Waals surface area contributed by atoms with Gasteiger partial charge in [-0.05, 0) is 29.8 Å². The molecule has 0 atom stereocenters. The summed E-state index contributed by atoms with van der Waals surface area (Å²) in [7, 11) is -1.61. The van der Waals surface area contributed by atoms with Gasteiger partial charge in [0.25, 0.3) is 0 Å². The number of aliphatic imine (C=N–C) groups is 1. The van der Waals surface area contributed by atoms with Crippen molar-refractivity contribution >= 4 is 15.7 Å². The van der Waals surface area contributed by atoms with Gasteiger partial charge in [-0.1, -0.05) is 18.2 Å². The fraction of sp³-hybridized carbons (Fsp3) is 0.278. The highest BCUT2D eigenvalue weighted by Gasteiger charge is 2.17. The number of benzene rings is 2. The maximum absolute atomic E-state index is 11.5. The fourth-order valence-corrected chi connectivity index (χ4v) is 3.21. The maximum Gasteiger partial charge on any atom is 0.175 e. The number of ether oxygens (including phenoxy) is 2. The summed E-state index contributed by atoms with van der Waals surface area (Å²) in [5.41, 5.74) is 1.72. The van der Waals surface area contributed by atoms with E-state index in [2.05, 4.69) is 10.3 Å². The number of para-hydroxylation sites is 1. The molecule has 0 bridgehead atoms. The van der Waals surface area contributed by atoms with Crippen LogP contribution < -0.4 is 14.8 Å². The van der Waals surface area contributed by atoms with Crippen LogP contribution in [0, 0.1) is 0 Å². The second kappa shape index (κ2) is 7.14. The molecule has 2 aromatic rings. The molecule has 0 amide bonds. The van der Waals surface area contributed by atoms with Crippen molar-refractivity contribution in [3.63, 3.8) is 0 Å². The van der Waals surface area contributed by atoms with Gasteiger partial charge in [0, 0.05) is 12.8 Å². The van der Waals surface area contributed by atoms with Crippen LogP contribution in [0.2, 0.25) is 0 Å². The Morgan fingerprint density at radius 1 is 1.16 bits per heavy atom. The van der Waals surface area contributed by atoms with E-state index in [1.54, 1.807) is 31.4 Å². The number of amidine groups is 1. The van der Waals surface area contributed by atoms with E-state index in [0.717, 1.165) is 30.1 Å². The van der Waals surface area contributed by atoms with Gasteiger partial charge >= 0.3 is 0 Å². The third-order valence-electron chi connectivity index (χ3n) is 3.86. The zero-order valence-corrected chi connectivity index (χ0v) is 15.0. The monoisotopic (exact) mass is 360 g/mol. The molecule has 0 saturated carbocycles. The largest absolute Gasteiger partial charge is 0.493 e. The zero-order chi connectivity index (χ0) is 17.9. The molecule has 0 unspecified atom stereocenters. The van der Waals surface area contributed by atoms with Crippen LogP contribution in [-0.2, 0) is 16.4 Å². The lowest BCUT2D eigenvalue weighted by atomic mass is 10.1. The summed E-state index contributed by atoms with van der Waals surface area (Å²) in [5.74, 6) is 2.04. The van der Waals surface area contributed by atoms with E-state index in [9.17, 15) is 8.42 Å². The SMILES string of the molecule is COc1cccc(C2=NCCN2)c1OCc1ccc(S(C)(=O)=O)cc1. The molecule has 25 heavy (non-hydrogen) atoms. The molecule has 1 N–H and O–H groups in total. The molecular weight excluding hydrogens is 340 g/mol. The van der Waals surface area contributed by atoms with Gasteiger partial charge in [0.1, 0.15) is 12.4 Å². The van der Waals surface area contributed by atoms with E-state index in [4.69, 9.17) is 9.47 Å². The number of hydrogen-bond acceptors (Lipinski definition) is 6. The highest BCUT2D eigenvalue weighted by atomic mass is 32.2. The van der Waals surface area contributed by atoms with Crippen LogP contribution in [0.5, 0.6) is 11.5 Å².